The summed E-state index contributed by atoms with van der Waals surface area (Å²) in [5, 5.41) is 6.91. The molecule has 0 saturated heterocycles. The van der Waals surface area contributed by atoms with Gasteiger partial charge in [-0.25, -0.2) is 4.99 Å². The first-order valence-corrected chi connectivity index (χ1v) is 6.18. The molecule has 0 bridgehead atoms. The molecule has 0 fully saturated rings. The monoisotopic (exact) mass is 236 g/mol. The van der Waals surface area contributed by atoms with E-state index in [1.54, 1.807) is 11.8 Å². The molecule has 3 rings (SSSR count). The van der Waals surface area contributed by atoms with Crippen LogP contribution in [0.25, 0.3) is 0 Å². The third-order valence-corrected chi connectivity index (χ3v) is 4.37. The second kappa shape index (κ2) is 3.62. The molecule has 84 valence electrons. The quantitative estimate of drug-likeness (QED) is 0.485. The van der Waals surface area contributed by atoms with Crippen molar-refractivity contribution in [2.45, 2.75) is 25.7 Å². The van der Waals surface area contributed by atoms with Crippen molar-refractivity contribution in [2.75, 3.05) is 0 Å². The molecule has 5 nitrogen and oxygen atoms in total. The molecule has 1 unspecified atom stereocenters. The van der Waals surface area contributed by atoms with Crippen molar-refractivity contribution in [1.29, 1.82) is 0 Å². The summed E-state index contributed by atoms with van der Waals surface area (Å²) in [4.78, 5) is 17.5. The van der Waals surface area contributed by atoms with E-state index >= 15 is 0 Å². The second-order valence-corrected chi connectivity index (χ2v) is 5.20. The van der Waals surface area contributed by atoms with Crippen molar-refractivity contribution in [3.63, 3.8) is 0 Å². The molecular formula is C10H12N4OS. The van der Waals surface area contributed by atoms with Gasteiger partial charge in [0, 0.05) is 0 Å². The van der Waals surface area contributed by atoms with Gasteiger partial charge in [0.15, 0.2) is 0 Å². The molecule has 0 aromatic heterocycles. The van der Waals surface area contributed by atoms with E-state index in [1.807, 2.05) is 0 Å². The summed E-state index contributed by atoms with van der Waals surface area (Å²) in [5.74, 6) is 5.17. The summed E-state index contributed by atoms with van der Waals surface area (Å²) >= 11 is 1.63. The molecule has 1 atom stereocenters. The standard InChI is InChI=1S/C10H12N4OS/c11-14-10-12-8(15)7-5-3-1-2-4-6(5)16-9(7)13-10/h7H,1-4,11H2,(H,12,14,15). The Morgan fingerprint density at radius 1 is 1.44 bits per heavy atom. The van der Waals surface area contributed by atoms with E-state index in [4.69, 9.17) is 5.84 Å². The van der Waals surface area contributed by atoms with Crippen molar-refractivity contribution in [3.8, 4) is 0 Å². The van der Waals surface area contributed by atoms with Gasteiger partial charge in [0.2, 0.25) is 11.9 Å². The zero-order valence-electron chi connectivity index (χ0n) is 8.69. The maximum absolute atomic E-state index is 11.9. The van der Waals surface area contributed by atoms with Gasteiger partial charge in [-0.3, -0.25) is 10.1 Å². The normalized spacial score (nSPS) is 31.0. The summed E-state index contributed by atoms with van der Waals surface area (Å²) in [6.45, 7) is 0. The number of allylic oxidation sites excluding steroid dienone is 1. The first kappa shape index (κ1) is 9.89. The van der Waals surface area contributed by atoms with Gasteiger partial charge in [-0.05, 0) is 36.2 Å². The van der Waals surface area contributed by atoms with Gasteiger partial charge in [0.25, 0.3) is 0 Å². The zero-order chi connectivity index (χ0) is 11.1. The molecule has 6 heteroatoms. The van der Waals surface area contributed by atoms with Crippen molar-refractivity contribution >= 4 is 28.7 Å². The summed E-state index contributed by atoms with van der Waals surface area (Å²) in [5.41, 5.74) is 1.27. The van der Waals surface area contributed by atoms with Crippen LogP contribution in [0.1, 0.15) is 25.7 Å². The van der Waals surface area contributed by atoms with Crippen molar-refractivity contribution < 1.29 is 4.79 Å². The van der Waals surface area contributed by atoms with E-state index in [0.717, 1.165) is 17.9 Å². The van der Waals surface area contributed by atoms with Crippen LogP contribution in [-0.4, -0.2) is 16.9 Å². The molecule has 16 heavy (non-hydrogen) atoms. The number of amides is 1. The molecule has 0 spiro atoms. The highest BCUT2D eigenvalue weighted by Crippen LogP contribution is 2.46. The number of hydrazone groups is 1. The SMILES string of the molecule is N/N=C1/N=C2SC3=C(CCCC3)C2C(=O)N1. The summed E-state index contributed by atoms with van der Waals surface area (Å²) in [6, 6.07) is 0. The van der Waals surface area contributed by atoms with E-state index in [-0.39, 0.29) is 17.8 Å². The van der Waals surface area contributed by atoms with Crippen molar-refractivity contribution in [3.05, 3.63) is 10.5 Å². The fourth-order valence-electron chi connectivity index (χ4n) is 2.39. The summed E-state index contributed by atoms with van der Waals surface area (Å²) < 4.78 is 0. The number of aliphatic imine (C=N–C) groups is 1. The minimum Gasteiger partial charge on any atom is -0.320 e. The molecule has 3 N–H and O–H groups in total. The molecule has 0 aromatic rings. The number of nitrogens with one attached hydrogen (secondary N) is 1. The number of rotatable bonds is 0. The summed E-state index contributed by atoms with van der Waals surface area (Å²) in [6.07, 6.45) is 4.49. The number of fused-ring (bicyclic) bond motifs is 2. The van der Waals surface area contributed by atoms with E-state index in [0.29, 0.717) is 0 Å². The number of hydrogen-bond acceptors (Lipinski definition) is 4. The Kier molecular flexibility index (Phi) is 2.24. The molecule has 1 amide bonds. The van der Waals surface area contributed by atoms with E-state index in [9.17, 15) is 4.79 Å². The van der Waals surface area contributed by atoms with Crippen LogP contribution in [0, 0.1) is 5.92 Å². The van der Waals surface area contributed by atoms with Crippen molar-refractivity contribution in [2.24, 2.45) is 21.9 Å². The number of hydrogen-bond donors (Lipinski definition) is 2. The molecule has 1 aliphatic carbocycles. The predicted molar refractivity (Wildman–Crippen MR) is 63.8 cm³/mol. The number of guanidine groups is 1. The van der Waals surface area contributed by atoms with Gasteiger partial charge in [0.1, 0.15) is 5.92 Å². The van der Waals surface area contributed by atoms with Gasteiger partial charge in [-0.1, -0.05) is 11.8 Å². The molecule has 0 saturated carbocycles. The van der Waals surface area contributed by atoms with Crippen LogP contribution in [0.4, 0.5) is 0 Å². The number of carbonyl (C=O) groups is 1. The lowest BCUT2D eigenvalue weighted by Gasteiger charge is -2.20. The highest BCUT2D eigenvalue weighted by atomic mass is 32.2. The lowest BCUT2D eigenvalue weighted by Crippen LogP contribution is -2.42. The first-order valence-electron chi connectivity index (χ1n) is 5.36. The third-order valence-electron chi connectivity index (χ3n) is 3.12. The van der Waals surface area contributed by atoms with Gasteiger partial charge in [-0.15, -0.1) is 5.10 Å². The van der Waals surface area contributed by atoms with Crippen molar-refractivity contribution in [1.82, 2.24) is 5.32 Å². The molecule has 3 aliphatic rings. The van der Waals surface area contributed by atoms with Crippen LogP contribution in [0.5, 0.6) is 0 Å². The number of thioether (sulfide) groups is 1. The van der Waals surface area contributed by atoms with Crippen LogP contribution >= 0.6 is 11.8 Å². The maximum Gasteiger partial charge on any atom is 0.247 e. The lowest BCUT2D eigenvalue weighted by molar-refractivity contribution is -0.120. The zero-order valence-corrected chi connectivity index (χ0v) is 9.51. The van der Waals surface area contributed by atoms with Gasteiger partial charge in [0.05, 0.1) is 5.04 Å². The van der Waals surface area contributed by atoms with Crippen LogP contribution in [0.2, 0.25) is 0 Å². The Labute approximate surface area is 97.3 Å². The van der Waals surface area contributed by atoms with Crippen LogP contribution in [0.15, 0.2) is 20.6 Å². The van der Waals surface area contributed by atoms with Gasteiger partial charge >= 0.3 is 0 Å². The summed E-state index contributed by atoms with van der Waals surface area (Å²) in [7, 11) is 0. The average molecular weight is 236 g/mol. The Hall–Kier alpha value is -1.30. The molecule has 2 aliphatic heterocycles. The Balaban J connectivity index is 2.01. The minimum atomic E-state index is -0.161. The fraction of sp³-hybridized carbons (Fsp3) is 0.500. The predicted octanol–water partition coefficient (Wildman–Crippen LogP) is 0.935. The number of nitrogens with zero attached hydrogens (tertiary/aromatic N) is 2. The third kappa shape index (κ3) is 1.36. The molecular weight excluding hydrogens is 224 g/mol. The van der Waals surface area contributed by atoms with Crippen LogP contribution in [0.3, 0.4) is 0 Å². The van der Waals surface area contributed by atoms with E-state index < -0.39 is 0 Å². The first-order chi connectivity index (χ1) is 7.79. The van der Waals surface area contributed by atoms with Gasteiger partial charge < -0.3 is 5.84 Å². The average Bonchev–Trinajstić information content (AvgIpc) is 2.67. The smallest absolute Gasteiger partial charge is 0.247 e. The number of carbonyl (C=O) groups excluding carboxylic acids is 1. The molecule has 2 heterocycles. The minimum absolute atomic E-state index is 0.0337. The van der Waals surface area contributed by atoms with E-state index in [2.05, 4.69) is 15.4 Å². The molecule has 0 radical (unpaired) electrons. The van der Waals surface area contributed by atoms with Gasteiger partial charge in [-0.2, -0.15) is 0 Å². The maximum atomic E-state index is 11.9. The second-order valence-electron chi connectivity index (χ2n) is 4.08. The highest BCUT2D eigenvalue weighted by Gasteiger charge is 2.41. The Bertz CT molecular complexity index is 452. The highest BCUT2D eigenvalue weighted by molar-refractivity contribution is 8.17. The Morgan fingerprint density at radius 3 is 3.06 bits per heavy atom. The fourth-order valence-corrected chi connectivity index (χ4v) is 3.74. The Morgan fingerprint density at radius 2 is 2.25 bits per heavy atom. The van der Waals surface area contributed by atoms with E-state index in [1.165, 1.54) is 23.3 Å². The topological polar surface area (TPSA) is 79.8 Å². The molecule has 0 aromatic carbocycles. The number of nitrogens with two attached hydrogens (primary N) is 1. The lowest BCUT2D eigenvalue weighted by atomic mass is 9.89. The van der Waals surface area contributed by atoms with Crippen LogP contribution < -0.4 is 11.2 Å². The largest absolute Gasteiger partial charge is 0.320 e. The van der Waals surface area contributed by atoms with Crippen LogP contribution in [-0.2, 0) is 4.79 Å².